The van der Waals surface area contributed by atoms with Crippen LogP contribution in [0.2, 0.25) is 0 Å². The van der Waals surface area contributed by atoms with E-state index in [4.69, 9.17) is 4.74 Å². The minimum Gasteiger partial charge on any atom is -0.491 e. The zero-order valence-electron chi connectivity index (χ0n) is 15.0. The molecule has 0 aliphatic heterocycles. The Labute approximate surface area is 149 Å². The maximum absolute atomic E-state index is 11.0. The largest absolute Gasteiger partial charge is 0.491 e. The maximum atomic E-state index is 11.0. The molecule has 0 spiro atoms. The second-order valence-electron chi connectivity index (χ2n) is 6.16. The highest BCUT2D eigenvalue weighted by molar-refractivity contribution is 5.88. The van der Waals surface area contributed by atoms with Crippen molar-refractivity contribution < 1.29 is 14.6 Å². The summed E-state index contributed by atoms with van der Waals surface area (Å²) in [6.45, 7) is 6.27. The maximum Gasteiger partial charge on any atom is 0.221 e. The Kier molecular flexibility index (Phi) is 6.98. The summed E-state index contributed by atoms with van der Waals surface area (Å²) in [5.41, 5.74) is 3.17. The van der Waals surface area contributed by atoms with Crippen LogP contribution in [0.3, 0.4) is 0 Å². The number of rotatable bonds is 8. The molecule has 25 heavy (non-hydrogen) atoms. The highest BCUT2D eigenvalue weighted by Crippen LogP contribution is 2.17. The fraction of sp³-hybridized carbons (Fsp3) is 0.350. The Morgan fingerprint density at radius 2 is 1.84 bits per heavy atom. The van der Waals surface area contributed by atoms with E-state index in [1.54, 1.807) is 24.3 Å². The van der Waals surface area contributed by atoms with Gasteiger partial charge in [-0.25, -0.2) is 0 Å². The van der Waals surface area contributed by atoms with Crippen LogP contribution in [0.5, 0.6) is 5.75 Å². The van der Waals surface area contributed by atoms with E-state index in [9.17, 15) is 9.90 Å². The van der Waals surface area contributed by atoms with Gasteiger partial charge >= 0.3 is 0 Å². The first-order valence-electron chi connectivity index (χ1n) is 8.43. The molecule has 0 aliphatic rings. The Bertz CT molecular complexity index is 686. The normalized spacial score (nSPS) is 13.1. The number of aliphatic hydroxyl groups excluding tert-OH is 1. The number of amides is 1. The van der Waals surface area contributed by atoms with Gasteiger partial charge in [-0.05, 0) is 49.2 Å². The molecule has 5 heteroatoms. The summed E-state index contributed by atoms with van der Waals surface area (Å²) in [5, 5.41) is 16.1. The van der Waals surface area contributed by atoms with Gasteiger partial charge in [0.1, 0.15) is 18.5 Å². The number of hydrogen-bond donors (Lipinski definition) is 3. The van der Waals surface area contributed by atoms with Crippen LogP contribution < -0.4 is 15.4 Å². The van der Waals surface area contributed by atoms with E-state index in [1.807, 2.05) is 12.1 Å². The van der Waals surface area contributed by atoms with Crippen molar-refractivity contribution in [1.82, 2.24) is 5.32 Å². The smallest absolute Gasteiger partial charge is 0.221 e. The molecular formula is C20H26N2O3. The van der Waals surface area contributed by atoms with E-state index in [0.29, 0.717) is 18.0 Å². The predicted octanol–water partition coefficient (Wildman–Crippen LogP) is 3.04. The Balaban J connectivity index is 1.76. The van der Waals surface area contributed by atoms with Crippen molar-refractivity contribution in [2.45, 2.75) is 32.9 Å². The summed E-state index contributed by atoms with van der Waals surface area (Å²) in [6.07, 6.45) is -0.610. The van der Waals surface area contributed by atoms with Crippen LogP contribution in [0.1, 0.15) is 31.0 Å². The molecule has 0 fully saturated rings. The summed E-state index contributed by atoms with van der Waals surface area (Å²) in [6, 6.07) is 15.4. The molecule has 2 aromatic rings. The average Bonchev–Trinajstić information content (AvgIpc) is 2.59. The number of carbonyl (C=O) groups excluding carboxylic acids is 1. The lowest BCUT2D eigenvalue weighted by atomic mass is 10.0. The van der Waals surface area contributed by atoms with E-state index in [1.165, 1.54) is 18.1 Å². The van der Waals surface area contributed by atoms with Crippen LogP contribution in [-0.4, -0.2) is 30.3 Å². The van der Waals surface area contributed by atoms with Crippen LogP contribution in [0, 0.1) is 6.92 Å². The Hall–Kier alpha value is -2.37. The van der Waals surface area contributed by atoms with Gasteiger partial charge in [-0.3, -0.25) is 4.79 Å². The zero-order chi connectivity index (χ0) is 18.2. The number of aryl methyl sites for hydroxylation is 1. The van der Waals surface area contributed by atoms with Gasteiger partial charge < -0.3 is 20.5 Å². The predicted molar refractivity (Wildman–Crippen MR) is 99.8 cm³/mol. The molecule has 0 heterocycles. The summed E-state index contributed by atoms with van der Waals surface area (Å²) >= 11 is 0. The third-order valence-corrected chi connectivity index (χ3v) is 3.93. The van der Waals surface area contributed by atoms with E-state index in [-0.39, 0.29) is 18.6 Å². The molecule has 2 unspecified atom stereocenters. The van der Waals surface area contributed by atoms with Gasteiger partial charge in [0.15, 0.2) is 0 Å². The lowest BCUT2D eigenvalue weighted by Gasteiger charge is -2.19. The van der Waals surface area contributed by atoms with Gasteiger partial charge in [0.25, 0.3) is 0 Å². The number of carbonyl (C=O) groups is 1. The van der Waals surface area contributed by atoms with Crippen molar-refractivity contribution in [3.05, 3.63) is 59.7 Å². The molecule has 3 N–H and O–H groups in total. The van der Waals surface area contributed by atoms with Crippen LogP contribution in [-0.2, 0) is 4.79 Å². The van der Waals surface area contributed by atoms with Crippen molar-refractivity contribution in [3.8, 4) is 5.75 Å². The van der Waals surface area contributed by atoms with Gasteiger partial charge in [0.2, 0.25) is 5.91 Å². The van der Waals surface area contributed by atoms with E-state index < -0.39 is 6.10 Å². The second kappa shape index (κ2) is 9.20. The number of benzene rings is 2. The minimum absolute atomic E-state index is 0.113. The fourth-order valence-electron chi connectivity index (χ4n) is 2.58. The molecule has 2 atom stereocenters. The number of ether oxygens (including phenoxy) is 1. The number of anilines is 1. The van der Waals surface area contributed by atoms with Crippen LogP contribution in [0.15, 0.2) is 48.5 Å². The topological polar surface area (TPSA) is 70.6 Å². The molecule has 134 valence electrons. The molecule has 1 amide bonds. The van der Waals surface area contributed by atoms with Gasteiger partial charge in [-0.1, -0.05) is 24.3 Å². The van der Waals surface area contributed by atoms with Crippen molar-refractivity contribution in [1.29, 1.82) is 0 Å². The first kappa shape index (κ1) is 19.0. The quantitative estimate of drug-likeness (QED) is 0.690. The third kappa shape index (κ3) is 6.21. The third-order valence-electron chi connectivity index (χ3n) is 3.93. The molecule has 0 bridgehead atoms. The van der Waals surface area contributed by atoms with E-state index in [0.717, 1.165) is 0 Å². The van der Waals surface area contributed by atoms with E-state index in [2.05, 4.69) is 36.6 Å². The highest BCUT2D eigenvalue weighted by Gasteiger charge is 2.11. The molecule has 0 saturated heterocycles. The number of aliphatic hydroxyl groups is 1. The van der Waals surface area contributed by atoms with Gasteiger partial charge in [-0.2, -0.15) is 0 Å². The minimum atomic E-state index is -0.610. The fourth-order valence-corrected chi connectivity index (χ4v) is 2.58. The van der Waals surface area contributed by atoms with Crippen molar-refractivity contribution in [2.75, 3.05) is 18.5 Å². The first-order valence-corrected chi connectivity index (χ1v) is 8.43. The number of hydrogen-bond acceptors (Lipinski definition) is 4. The van der Waals surface area contributed by atoms with Gasteiger partial charge in [-0.15, -0.1) is 0 Å². The zero-order valence-corrected chi connectivity index (χ0v) is 15.0. The summed E-state index contributed by atoms with van der Waals surface area (Å²) < 4.78 is 5.59. The summed E-state index contributed by atoms with van der Waals surface area (Å²) in [4.78, 5) is 11.0. The lowest BCUT2D eigenvalue weighted by molar-refractivity contribution is -0.114. The molecule has 5 nitrogen and oxygen atoms in total. The average molecular weight is 342 g/mol. The second-order valence-corrected chi connectivity index (χ2v) is 6.16. The van der Waals surface area contributed by atoms with Gasteiger partial charge in [0.05, 0.1) is 0 Å². The van der Waals surface area contributed by atoms with E-state index >= 15 is 0 Å². The van der Waals surface area contributed by atoms with Gasteiger partial charge in [0, 0.05) is 25.2 Å². The van der Waals surface area contributed by atoms with Crippen molar-refractivity contribution >= 4 is 11.6 Å². The van der Waals surface area contributed by atoms with Crippen molar-refractivity contribution in [2.24, 2.45) is 0 Å². The molecule has 0 aliphatic carbocycles. The summed E-state index contributed by atoms with van der Waals surface area (Å²) in [5.74, 6) is 0.540. The Morgan fingerprint density at radius 3 is 2.48 bits per heavy atom. The monoisotopic (exact) mass is 342 g/mol. The molecule has 0 aromatic heterocycles. The lowest BCUT2D eigenvalue weighted by Crippen LogP contribution is -2.33. The van der Waals surface area contributed by atoms with Crippen LogP contribution in [0.25, 0.3) is 0 Å². The van der Waals surface area contributed by atoms with Crippen LogP contribution in [0.4, 0.5) is 5.69 Å². The molecular weight excluding hydrogens is 316 g/mol. The standard InChI is InChI=1S/C20H26N2O3/c1-14-6-4-5-7-20(14)15(2)21-12-18(24)13-25-19-10-8-17(9-11-19)22-16(3)23/h4-11,15,18,21,24H,12-13H2,1-3H3,(H,22,23). The highest BCUT2D eigenvalue weighted by atomic mass is 16.5. The summed E-state index contributed by atoms with van der Waals surface area (Å²) in [7, 11) is 0. The molecule has 0 saturated carbocycles. The Morgan fingerprint density at radius 1 is 1.16 bits per heavy atom. The molecule has 2 aromatic carbocycles. The number of nitrogens with one attached hydrogen (secondary N) is 2. The first-order chi connectivity index (χ1) is 12.0. The SMILES string of the molecule is CC(=O)Nc1ccc(OCC(O)CNC(C)c2ccccc2C)cc1. The van der Waals surface area contributed by atoms with Crippen LogP contribution >= 0.6 is 0 Å². The molecule has 2 rings (SSSR count). The van der Waals surface area contributed by atoms with Crippen molar-refractivity contribution in [3.63, 3.8) is 0 Å². The molecule has 0 radical (unpaired) electrons.